The SMILES string of the molecule is COc1cc(N)c(N=[N+]=[N-])nc1OC. The smallest absolute Gasteiger partial charge is 0.257 e. The largest absolute Gasteiger partial charge is 0.491 e. The lowest BCUT2D eigenvalue weighted by molar-refractivity contribution is 0.343. The maximum atomic E-state index is 8.22. The maximum absolute atomic E-state index is 8.22. The first kappa shape index (κ1) is 9.94. The molecule has 0 fully saturated rings. The number of ether oxygens (including phenoxy) is 2. The summed E-state index contributed by atoms with van der Waals surface area (Å²) < 4.78 is 9.85. The van der Waals surface area contributed by atoms with E-state index in [-0.39, 0.29) is 17.4 Å². The summed E-state index contributed by atoms with van der Waals surface area (Å²) in [4.78, 5) is 6.44. The highest BCUT2D eigenvalue weighted by Gasteiger charge is 2.09. The fourth-order valence-electron chi connectivity index (χ4n) is 0.898. The molecular formula is C7H9N5O2. The van der Waals surface area contributed by atoms with Crippen LogP contribution in [0.15, 0.2) is 11.2 Å². The van der Waals surface area contributed by atoms with Gasteiger partial charge in [0, 0.05) is 11.0 Å². The molecule has 0 aliphatic carbocycles. The number of rotatable bonds is 3. The lowest BCUT2D eigenvalue weighted by Crippen LogP contribution is -1.96. The third kappa shape index (κ3) is 1.78. The van der Waals surface area contributed by atoms with Gasteiger partial charge in [-0.3, -0.25) is 0 Å². The number of pyridine rings is 1. The molecule has 0 unspecified atom stereocenters. The van der Waals surface area contributed by atoms with E-state index in [9.17, 15) is 0 Å². The summed E-state index contributed by atoms with van der Waals surface area (Å²) in [5.41, 5.74) is 14.0. The van der Waals surface area contributed by atoms with Gasteiger partial charge in [-0.1, -0.05) is 0 Å². The van der Waals surface area contributed by atoms with Crippen LogP contribution in [0, 0.1) is 0 Å². The van der Waals surface area contributed by atoms with Gasteiger partial charge in [0.2, 0.25) is 0 Å². The monoisotopic (exact) mass is 195 g/mol. The highest BCUT2D eigenvalue weighted by molar-refractivity contribution is 5.62. The first-order chi connectivity index (χ1) is 6.72. The topological polar surface area (TPSA) is 106 Å². The number of nitrogens with two attached hydrogens (primary N) is 1. The van der Waals surface area contributed by atoms with Crippen LogP contribution in [0.1, 0.15) is 0 Å². The summed E-state index contributed by atoms with van der Waals surface area (Å²) >= 11 is 0. The zero-order chi connectivity index (χ0) is 10.6. The molecule has 1 aromatic heterocycles. The Kier molecular flexibility index (Phi) is 2.98. The second-order valence-corrected chi connectivity index (χ2v) is 2.30. The first-order valence-corrected chi connectivity index (χ1v) is 3.66. The fourth-order valence-corrected chi connectivity index (χ4v) is 0.898. The Morgan fingerprint density at radius 3 is 2.71 bits per heavy atom. The molecule has 0 bridgehead atoms. The van der Waals surface area contributed by atoms with Gasteiger partial charge in [-0.05, 0) is 10.6 Å². The molecule has 1 aromatic rings. The quantitative estimate of drug-likeness (QED) is 0.449. The molecule has 1 heterocycles. The van der Waals surface area contributed by atoms with E-state index >= 15 is 0 Å². The van der Waals surface area contributed by atoms with Crippen molar-refractivity contribution in [3.8, 4) is 11.6 Å². The van der Waals surface area contributed by atoms with Gasteiger partial charge in [0.15, 0.2) is 11.6 Å². The van der Waals surface area contributed by atoms with Crippen molar-refractivity contribution in [1.82, 2.24) is 4.98 Å². The van der Waals surface area contributed by atoms with Crippen LogP contribution in [-0.4, -0.2) is 19.2 Å². The molecule has 1 rings (SSSR count). The van der Waals surface area contributed by atoms with Gasteiger partial charge in [-0.15, -0.1) is 0 Å². The minimum Gasteiger partial charge on any atom is -0.491 e. The number of methoxy groups -OCH3 is 2. The summed E-state index contributed by atoms with van der Waals surface area (Å²) in [5, 5.41) is 3.30. The van der Waals surface area contributed by atoms with Crippen molar-refractivity contribution in [1.29, 1.82) is 0 Å². The van der Waals surface area contributed by atoms with Crippen molar-refractivity contribution >= 4 is 11.5 Å². The Balaban J connectivity index is 3.29. The average Bonchev–Trinajstić information content (AvgIpc) is 2.20. The fraction of sp³-hybridized carbons (Fsp3) is 0.286. The third-order valence-corrected chi connectivity index (χ3v) is 1.52. The van der Waals surface area contributed by atoms with Crippen molar-refractivity contribution in [2.75, 3.05) is 20.0 Å². The molecule has 0 radical (unpaired) electrons. The average molecular weight is 195 g/mol. The highest BCUT2D eigenvalue weighted by Crippen LogP contribution is 2.32. The molecule has 7 heteroatoms. The standard InChI is InChI=1S/C7H9N5O2/c1-13-5-3-4(8)6(11-12-9)10-7(5)14-2/h3H,8H2,1-2H3. The Morgan fingerprint density at radius 1 is 1.50 bits per heavy atom. The van der Waals surface area contributed by atoms with E-state index in [1.165, 1.54) is 20.3 Å². The van der Waals surface area contributed by atoms with Crippen molar-refractivity contribution in [3.05, 3.63) is 16.5 Å². The Labute approximate surface area is 80.1 Å². The van der Waals surface area contributed by atoms with Crippen LogP contribution in [0.4, 0.5) is 11.5 Å². The second-order valence-electron chi connectivity index (χ2n) is 2.30. The number of anilines is 1. The van der Waals surface area contributed by atoms with Gasteiger partial charge < -0.3 is 15.2 Å². The van der Waals surface area contributed by atoms with Gasteiger partial charge in [-0.25, -0.2) is 4.98 Å². The Morgan fingerprint density at radius 2 is 2.21 bits per heavy atom. The van der Waals surface area contributed by atoms with Crippen LogP contribution in [-0.2, 0) is 0 Å². The maximum Gasteiger partial charge on any atom is 0.257 e. The van der Waals surface area contributed by atoms with Gasteiger partial charge in [0.05, 0.1) is 19.9 Å². The lowest BCUT2D eigenvalue weighted by atomic mass is 10.3. The number of azide groups is 1. The van der Waals surface area contributed by atoms with Gasteiger partial charge in [-0.2, -0.15) is 0 Å². The predicted molar refractivity (Wildman–Crippen MR) is 50.6 cm³/mol. The lowest BCUT2D eigenvalue weighted by Gasteiger charge is -2.07. The molecule has 0 saturated heterocycles. The van der Waals surface area contributed by atoms with E-state index in [0.717, 1.165) is 0 Å². The summed E-state index contributed by atoms with van der Waals surface area (Å²) in [6.45, 7) is 0. The van der Waals surface area contributed by atoms with E-state index in [1.54, 1.807) is 0 Å². The Hall–Kier alpha value is -2.14. The number of hydrogen-bond donors (Lipinski definition) is 1. The van der Waals surface area contributed by atoms with Crippen LogP contribution in [0.5, 0.6) is 11.6 Å². The minimum absolute atomic E-state index is 0.0742. The van der Waals surface area contributed by atoms with E-state index in [2.05, 4.69) is 15.0 Å². The van der Waals surface area contributed by atoms with Crippen LogP contribution in [0.3, 0.4) is 0 Å². The molecule has 2 N–H and O–H groups in total. The summed E-state index contributed by atoms with van der Waals surface area (Å²) in [5.74, 6) is 0.691. The van der Waals surface area contributed by atoms with Gasteiger partial charge >= 0.3 is 0 Å². The molecule has 7 nitrogen and oxygen atoms in total. The molecule has 0 aliphatic rings. The zero-order valence-electron chi connectivity index (χ0n) is 7.76. The van der Waals surface area contributed by atoms with Crippen molar-refractivity contribution in [2.24, 2.45) is 5.11 Å². The molecule has 0 aromatic carbocycles. The summed E-state index contributed by atoms with van der Waals surface area (Å²) in [7, 11) is 2.90. The van der Waals surface area contributed by atoms with Crippen LogP contribution in [0.25, 0.3) is 10.4 Å². The molecule has 0 amide bonds. The highest BCUT2D eigenvalue weighted by atomic mass is 16.5. The summed E-state index contributed by atoms with van der Waals surface area (Å²) in [6, 6.07) is 1.48. The molecule has 14 heavy (non-hydrogen) atoms. The second kappa shape index (κ2) is 4.20. The molecule has 0 spiro atoms. The molecule has 74 valence electrons. The molecular weight excluding hydrogens is 186 g/mol. The normalized spacial score (nSPS) is 9.00. The Bertz CT molecular complexity index is 386. The number of nitrogen functional groups attached to an aromatic ring is 1. The third-order valence-electron chi connectivity index (χ3n) is 1.52. The van der Waals surface area contributed by atoms with Crippen LogP contribution < -0.4 is 15.2 Å². The minimum atomic E-state index is 0.0742. The molecule has 0 saturated carbocycles. The number of hydrogen-bond acceptors (Lipinski definition) is 5. The summed E-state index contributed by atoms with van der Waals surface area (Å²) in [6.07, 6.45) is 0. The first-order valence-electron chi connectivity index (χ1n) is 3.66. The van der Waals surface area contributed by atoms with E-state index in [4.69, 9.17) is 20.7 Å². The van der Waals surface area contributed by atoms with Crippen LogP contribution in [0.2, 0.25) is 0 Å². The van der Waals surface area contributed by atoms with E-state index in [1.807, 2.05) is 0 Å². The van der Waals surface area contributed by atoms with Crippen molar-refractivity contribution in [3.63, 3.8) is 0 Å². The van der Waals surface area contributed by atoms with Crippen molar-refractivity contribution < 1.29 is 9.47 Å². The predicted octanol–water partition coefficient (Wildman–Crippen LogP) is 1.62. The van der Waals surface area contributed by atoms with E-state index in [0.29, 0.717) is 5.75 Å². The number of nitrogens with zero attached hydrogens (tertiary/aromatic N) is 4. The van der Waals surface area contributed by atoms with Crippen LogP contribution >= 0.6 is 0 Å². The number of aromatic nitrogens is 1. The zero-order valence-corrected chi connectivity index (χ0v) is 7.76. The van der Waals surface area contributed by atoms with Gasteiger partial charge in [0.1, 0.15) is 0 Å². The molecule has 0 aliphatic heterocycles. The molecule has 0 atom stereocenters. The van der Waals surface area contributed by atoms with Gasteiger partial charge in [0.25, 0.3) is 5.88 Å². The van der Waals surface area contributed by atoms with E-state index < -0.39 is 0 Å². The van der Waals surface area contributed by atoms with Crippen molar-refractivity contribution in [2.45, 2.75) is 0 Å².